The summed E-state index contributed by atoms with van der Waals surface area (Å²) in [6.45, 7) is 0. The Kier molecular flexibility index (Phi) is 148. The van der Waals surface area contributed by atoms with Crippen LogP contribution in [0.2, 0.25) is 0 Å². The van der Waals surface area contributed by atoms with Gasteiger partial charge in [0.15, 0.2) is 0 Å². The van der Waals surface area contributed by atoms with Crippen LogP contribution in [0.3, 0.4) is 0 Å². The van der Waals surface area contributed by atoms with Crippen molar-refractivity contribution in [1.82, 2.24) is 0 Å². The van der Waals surface area contributed by atoms with E-state index in [1.807, 2.05) is 0 Å². The Morgan fingerprint density at radius 3 is 0.750 bits per heavy atom. The molecule has 0 bridgehead atoms. The molecule has 0 N–H and O–H groups in total. The zero-order valence-corrected chi connectivity index (χ0v) is 0. The van der Waals surface area contributed by atoms with Gasteiger partial charge in [-0.15, -0.1) is 0 Å². The molecular formula is H9B2CaNa. The first-order valence-electron chi connectivity index (χ1n) is 0. The van der Waals surface area contributed by atoms with E-state index in [0.717, 1.165) is 0 Å². The predicted molar refractivity (Wildman–Crippen MR) is 35.6 cm³/mol. The molecule has 0 spiro atoms. The summed E-state index contributed by atoms with van der Waals surface area (Å²) in [7, 11) is 0. The molecule has 0 aromatic heterocycles. The van der Waals surface area contributed by atoms with E-state index in [4.69, 9.17) is 0 Å². The fourth-order valence-corrected chi connectivity index (χ4v) is 0. The van der Waals surface area contributed by atoms with Gasteiger partial charge in [-0.25, -0.2) is 0 Å². The van der Waals surface area contributed by atoms with E-state index in [9.17, 15) is 0 Å². The van der Waals surface area contributed by atoms with E-state index in [-0.39, 0.29) is 84.1 Å². The van der Waals surface area contributed by atoms with Crippen molar-refractivity contribution in [1.29, 1.82) is 0 Å². The van der Waals surface area contributed by atoms with E-state index in [1.54, 1.807) is 0 Å². The number of hydrogen-bond donors (Lipinski definition) is 0. The van der Waals surface area contributed by atoms with Crippen molar-refractivity contribution >= 4 is 84.1 Å². The molecule has 18 valence electrons. The van der Waals surface area contributed by atoms with E-state index in [1.165, 1.54) is 0 Å². The molecule has 0 nitrogen and oxygen atoms in total. The molecule has 0 rings (SSSR count). The third-order valence-corrected chi connectivity index (χ3v) is 0. The molecule has 0 atom stereocenters. The van der Waals surface area contributed by atoms with Gasteiger partial charge >= 0.3 is 67.3 Å². The second kappa shape index (κ2) is 18.2. The summed E-state index contributed by atoms with van der Waals surface area (Å²) in [5, 5.41) is 0. The van der Waals surface area contributed by atoms with E-state index in [2.05, 4.69) is 0 Å². The fraction of sp³-hybridized carbons (Fsp3) is 0. The molecule has 0 heterocycles. The third-order valence-electron chi connectivity index (χ3n) is 0. The summed E-state index contributed by atoms with van der Waals surface area (Å²) in [4.78, 5) is 0. The molecule has 0 amide bonds. The van der Waals surface area contributed by atoms with Crippen LogP contribution in [0.25, 0.3) is 0 Å². The quantitative estimate of drug-likeness (QED) is 0.269. The van der Waals surface area contributed by atoms with Gasteiger partial charge in [-0.3, -0.25) is 0 Å². The first-order chi connectivity index (χ1) is 0. The van der Waals surface area contributed by atoms with Crippen molar-refractivity contribution in [3.63, 3.8) is 0 Å². The summed E-state index contributed by atoms with van der Waals surface area (Å²) in [6.07, 6.45) is 0. The van der Waals surface area contributed by atoms with Crippen LogP contribution in [0.5, 0.6) is 0 Å². The molecule has 0 unspecified atom stereocenters. The molecule has 0 saturated carbocycles. The Hall–Kier alpha value is 2.39. The van der Waals surface area contributed by atoms with Gasteiger partial charge in [0, 0.05) is 0 Å². The van der Waals surface area contributed by atoms with Crippen LogP contribution in [0.1, 0.15) is 0 Å². The van der Waals surface area contributed by atoms with Gasteiger partial charge in [-0.1, -0.05) is 0 Å². The number of hydrogen-bond acceptors (Lipinski definition) is 0. The summed E-state index contributed by atoms with van der Waals surface area (Å²) >= 11 is 0. The van der Waals surface area contributed by atoms with Crippen LogP contribution in [0, 0.1) is 0 Å². The van der Waals surface area contributed by atoms with Crippen molar-refractivity contribution < 1.29 is 0 Å². The molecule has 0 aromatic rings. The Morgan fingerprint density at radius 1 is 0.750 bits per heavy atom. The maximum atomic E-state index is 0. The number of rotatable bonds is 0. The van der Waals surface area contributed by atoms with Crippen molar-refractivity contribution in [3.8, 4) is 0 Å². The third kappa shape index (κ3) is 8.83. The topological polar surface area (TPSA) is 0 Å². The first kappa shape index (κ1) is 32.5. The van der Waals surface area contributed by atoms with E-state index < -0.39 is 0 Å². The van der Waals surface area contributed by atoms with Gasteiger partial charge in [0.05, 0.1) is 16.8 Å². The summed E-state index contributed by atoms with van der Waals surface area (Å²) in [5.74, 6) is 0. The second-order valence-electron chi connectivity index (χ2n) is 0. The first-order valence-corrected chi connectivity index (χ1v) is 0. The van der Waals surface area contributed by atoms with Gasteiger partial charge in [0.1, 0.15) is 0 Å². The van der Waals surface area contributed by atoms with Crippen LogP contribution in [-0.2, 0) is 0 Å². The minimum absolute atomic E-state index is 0. The SMILES string of the molecule is B.B.[CaH2].[NaH]. The van der Waals surface area contributed by atoms with Crippen molar-refractivity contribution in [2.24, 2.45) is 0 Å². The Balaban J connectivity index is 0. The van der Waals surface area contributed by atoms with E-state index in [0.29, 0.717) is 0 Å². The van der Waals surface area contributed by atoms with Crippen LogP contribution in [0.4, 0.5) is 0 Å². The van der Waals surface area contributed by atoms with Crippen molar-refractivity contribution in [2.75, 3.05) is 0 Å². The maximum absolute atomic E-state index is 0. The molecular weight excluding hydrogens is 84.7 g/mol. The molecule has 0 saturated heterocycles. The molecule has 0 aliphatic carbocycles. The van der Waals surface area contributed by atoms with E-state index >= 15 is 0 Å². The van der Waals surface area contributed by atoms with Gasteiger partial charge in [-0.2, -0.15) is 0 Å². The van der Waals surface area contributed by atoms with Gasteiger partial charge in [-0.05, 0) is 0 Å². The minimum atomic E-state index is 0. The summed E-state index contributed by atoms with van der Waals surface area (Å²) < 4.78 is 0. The van der Waals surface area contributed by atoms with Gasteiger partial charge in [0.2, 0.25) is 0 Å². The Labute approximate surface area is 82.5 Å². The summed E-state index contributed by atoms with van der Waals surface area (Å²) in [6, 6.07) is 0. The standard InChI is InChI=1S/2BH3.Ca.Na.3H/h2*1H3;;;;;. The Bertz CT molecular complexity index is 6.00. The van der Waals surface area contributed by atoms with Crippen LogP contribution in [-0.4, -0.2) is 84.1 Å². The van der Waals surface area contributed by atoms with Crippen LogP contribution < -0.4 is 0 Å². The molecule has 4 heavy (non-hydrogen) atoms. The van der Waals surface area contributed by atoms with Gasteiger partial charge in [0.25, 0.3) is 0 Å². The molecule has 0 aliphatic rings. The monoisotopic (exact) mass is 94.0 g/mol. The predicted octanol–water partition coefficient (Wildman–Crippen LogP) is -3.93. The van der Waals surface area contributed by atoms with Crippen LogP contribution in [0.15, 0.2) is 0 Å². The normalized spacial score (nSPS) is 0. The van der Waals surface area contributed by atoms with Crippen molar-refractivity contribution in [2.45, 2.75) is 0 Å². The average Bonchev–Trinajstić information content (AvgIpc) is 0. The Morgan fingerprint density at radius 2 is 0.750 bits per heavy atom. The molecule has 0 aliphatic heterocycles. The molecule has 0 fully saturated rings. The summed E-state index contributed by atoms with van der Waals surface area (Å²) in [5.41, 5.74) is 0. The molecule has 4 heteroatoms. The zero-order chi connectivity index (χ0) is 0. The fourth-order valence-electron chi connectivity index (χ4n) is 0. The van der Waals surface area contributed by atoms with Gasteiger partial charge < -0.3 is 0 Å². The molecule has 0 radical (unpaired) electrons. The average molecular weight is 93.8 g/mol. The van der Waals surface area contributed by atoms with Crippen molar-refractivity contribution in [3.05, 3.63) is 0 Å². The van der Waals surface area contributed by atoms with Crippen LogP contribution >= 0.6 is 0 Å². The zero-order valence-electron chi connectivity index (χ0n) is 0. The second-order valence-corrected chi connectivity index (χ2v) is 0. The molecule has 0 aromatic carbocycles.